The van der Waals surface area contributed by atoms with Crippen LogP contribution in [0.3, 0.4) is 0 Å². The van der Waals surface area contributed by atoms with Gasteiger partial charge in [-0.3, -0.25) is 0 Å². The zero-order valence-electron chi connectivity index (χ0n) is 9.92. The van der Waals surface area contributed by atoms with E-state index in [1.807, 2.05) is 6.07 Å². The van der Waals surface area contributed by atoms with Gasteiger partial charge in [-0.1, -0.05) is 11.6 Å². The van der Waals surface area contributed by atoms with Gasteiger partial charge in [0.05, 0.1) is 5.02 Å². The molecule has 100 valence electrons. The highest BCUT2D eigenvalue weighted by Crippen LogP contribution is 2.43. The number of rotatable bonds is 3. The number of anilines is 1. The molecule has 9 heteroatoms. The smallest absolute Gasteiger partial charge is 0.231 e. The average molecular weight is 291 g/mol. The van der Waals surface area contributed by atoms with E-state index in [2.05, 4.69) is 25.9 Å². The van der Waals surface area contributed by atoms with Gasteiger partial charge in [-0.05, 0) is 17.3 Å². The predicted molar refractivity (Wildman–Crippen MR) is 69.0 cm³/mol. The minimum atomic E-state index is 0.129. The Bertz CT molecular complexity index is 706. The molecule has 0 unspecified atom stereocenters. The van der Waals surface area contributed by atoms with E-state index in [0.717, 1.165) is 0 Å². The maximum Gasteiger partial charge on any atom is 0.231 e. The summed E-state index contributed by atoms with van der Waals surface area (Å²) >= 11 is 6.10. The Morgan fingerprint density at radius 3 is 3.15 bits per heavy atom. The number of nitriles is 1. The number of H-pyrrole nitrogens is 1. The SMILES string of the molecule is N#CC(=CNc1c(Cl)ccc2c1OCO2)c1nn[nH]n1. The Morgan fingerprint density at radius 1 is 1.50 bits per heavy atom. The number of hydrogen-bond donors (Lipinski definition) is 2. The quantitative estimate of drug-likeness (QED) is 0.825. The molecule has 0 radical (unpaired) electrons. The minimum absolute atomic E-state index is 0.129. The summed E-state index contributed by atoms with van der Waals surface area (Å²) in [6, 6.07) is 5.34. The third-order valence-corrected chi connectivity index (χ3v) is 2.87. The molecule has 1 aliphatic rings. The van der Waals surface area contributed by atoms with Crippen LogP contribution in [0.15, 0.2) is 18.3 Å². The number of benzene rings is 1. The Morgan fingerprint density at radius 2 is 2.40 bits per heavy atom. The molecule has 0 bridgehead atoms. The van der Waals surface area contributed by atoms with Gasteiger partial charge in [0, 0.05) is 6.20 Å². The van der Waals surface area contributed by atoms with Crippen LogP contribution in [0.5, 0.6) is 11.5 Å². The molecule has 1 aromatic heterocycles. The van der Waals surface area contributed by atoms with Gasteiger partial charge in [-0.2, -0.15) is 10.5 Å². The molecule has 2 aromatic rings. The molecule has 0 fully saturated rings. The molecule has 0 spiro atoms. The predicted octanol–water partition coefficient (Wildman–Crippen LogP) is 1.56. The van der Waals surface area contributed by atoms with Crippen LogP contribution in [0.25, 0.3) is 5.57 Å². The standard InChI is InChI=1S/C11H7ClN6O2/c12-7-1-2-8-10(20-5-19-8)9(7)14-4-6(3-13)11-15-17-18-16-11/h1-2,4,14H,5H2,(H,15,16,17,18). The van der Waals surface area contributed by atoms with Crippen molar-refractivity contribution in [3.05, 3.63) is 29.2 Å². The number of halogens is 1. The van der Waals surface area contributed by atoms with Crippen LogP contribution >= 0.6 is 11.6 Å². The summed E-state index contributed by atoms with van der Waals surface area (Å²) in [6.07, 6.45) is 1.42. The normalized spacial score (nSPS) is 13.1. The maximum atomic E-state index is 9.07. The van der Waals surface area contributed by atoms with Crippen molar-refractivity contribution >= 4 is 22.9 Å². The van der Waals surface area contributed by atoms with Crippen LogP contribution in [0.2, 0.25) is 5.02 Å². The summed E-state index contributed by atoms with van der Waals surface area (Å²) in [5.41, 5.74) is 0.712. The zero-order valence-corrected chi connectivity index (χ0v) is 10.7. The Kier molecular flexibility index (Phi) is 3.10. The van der Waals surface area contributed by atoms with E-state index in [1.165, 1.54) is 6.20 Å². The van der Waals surface area contributed by atoms with Crippen LogP contribution in [0, 0.1) is 11.3 Å². The van der Waals surface area contributed by atoms with Crippen LogP contribution in [-0.2, 0) is 0 Å². The van der Waals surface area contributed by atoms with E-state index in [-0.39, 0.29) is 18.2 Å². The summed E-state index contributed by atoms with van der Waals surface area (Å²) in [5.74, 6) is 1.27. The monoisotopic (exact) mass is 290 g/mol. The van der Waals surface area contributed by atoms with Gasteiger partial charge in [-0.25, -0.2) is 0 Å². The van der Waals surface area contributed by atoms with Crippen molar-refractivity contribution in [3.63, 3.8) is 0 Å². The van der Waals surface area contributed by atoms with Crippen molar-refractivity contribution in [2.45, 2.75) is 0 Å². The highest BCUT2D eigenvalue weighted by Gasteiger charge is 2.20. The molecule has 2 N–H and O–H groups in total. The van der Waals surface area contributed by atoms with Crippen LogP contribution in [-0.4, -0.2) is 27.4 Å². The number of allylic oxidation sites excluding steroid dienone is 1. The highest BCUT2D eigenvalue weighted by atomic mass is 35.5. The molecule has 3 rings (SSSR count). The third-order valence-electron chi connectivity index (χ3n) is 2.56. The first kappa shape index (κ1) is 12.3. The molecule has 20 heavy (non-hydrogen) atoms. The Balaban J connectivity index is 1.93. The lowest BCUT2D eigenvalue weighted by molar-refractivity contribution is 0.174. The van der Waals surface area contributed by atoms with E-state index in [0.29, 0.717) is 22.2 Å². The minimum Gasteiger partial charge on any atom is -0.454 e. The lowest BCUT2D eigenvalue weighted by atomic mass is 10.2. The van der Waals surface area contributed by atoms with Gasteiger partial charge in [0.15, 0.2) is 11.5 Å². The fraction of sp³-hybridized carbons (Fsp3) is 0.0909. The second kappa shape index (κ2) is 5.07. The van der Waals surface area contributed by atoms with E-state index in [4.69, 9.17) is 26.3 Å². The summed E-state index contributed by atoms with van der Waals surface area (Å²) in [4.78, 5) is 0. The molecule has 1 aliphatic heterocycles. The van der Waals surface area contributed by atoms with Crippen molar-refractivity contribution in [2.75, 3.05) is 12.1 Å². The molecule has 0 saturated carbocycles. The van der Waals surface area contributed by atoms with Gasteiger partial charge < -0.3 is 14.8 Å². The molecule has 0 saturated heterocycles. The summed E-state index contributed by atoms with van der Waals surface area (Å²) in [5, 5.41) is 25.5. The molecule has 0 amide bonds. The fourth-order valence-corrected chi connectivity index (χ4v) is 1.85. The Labute approximate surface area is 117 Å². The maximum absolute atomic E-state index is 9.07. The first-order chi connectivity index (χ1) is 9.79. The Hall–Kier alpha value is -2.79. The molecule has 0 aliphatic carbocycles. The van der Waals surface area contributed by atoms with E-state index < -0.39 is 0 Å². The first-order valence-electron chi connectivity index (χ1n) is 5.48. The van der Waals surface area contributed by atoms with Crippen molar-refractivity contribution in [1.29, 1.82) is 5.26 Å². The number of ether oxygens (including phenoxy) is 2. The molecule has 1 aromatic carbocycles. The van der Waals surface area contributed by atoms with Gasteiger partial charge in [0.1, 0.15) is 17.3 Å². The second-order valence-corrected chi connectivity index (χ2v) is 4.11. The van der Waals surface area contributed by atoms with Crippen molar-refractivity contribution in [1.82, 2.24) is 20.6 Å². The molecular formula is C11H7ClN6O2. The third kappa shape index (κ3) is 2.10. The van der Waals surface area contributed by atoms with E-state index in [1.54, 1.807) is 12.1 Å². The average Bonchev–Trinajstić information content (AvgIpc) is 3.12. The van der Waals surface area contributed by atoms with E-state index >= 15 is 0 Å². The molecule has 2 heterocycles. The van der Waals surface area contributed by atoms with Gasteiger partial charge in [0.25, 0.3) is 0 Å². The largest absolute Gasteiger partial charge is 0.454 e. The number of nitrogens with zero attached hydrogens (tertiary/aromatic N) is 4. The van der Waals surface area contributed by atoms with Crippen LogP contribution in [0.1, 0.15) is 5.82 Å². The van der Waals surface area contributed by atoms with Crippen LogP contribution in [0.4, 0.5) is 5.69 Å². The zero-order chi connectivity index (χ0) is 13.9. The highest BCUT2D eigenvalue weighted by molar-refractivity contribution is 6.33. The van der Waals surface area contributed by atoms with Crippen molar-refractivity contribution < 1.29 is 9.47 Å². The number of tetrazole rings is 1. The number of fused-ring (bicyclic) bond motifs is 1. The number of nitrogens with one attached hydrogen (secondary N) is 2. The topological polar surface area (TPSA) is 109 Å². The lowest BCUT2D eigenvalue weighted by Crippen LogP contribution is -1.97. The summed E-state index contributed by atoms with van der Waals surface area (Å²) < 4.78 is 10.6. The van der Waals surface area contributed by atoms with Gasteiger partial charge >= 0.3 is 0 Å². The first-order valence-corrected chi connectivity index (χ1v) is 5.86. The van der Waals surface area contributed by atoms with Gasteiger partial charge in [-0.15, -0.1) is 10.2 Å². The summed E-state index contributed by atoms with van der Waals surface area (Å²) in [6.45, 7) is 0.129. The molecule has 8 nitrogen and oxygen atoms in total. The number of aromatic nitrogens is 4. The van der Waals surface area contributed by atoms with Crippen molar-refractivity contribution in [2.24, 2.45) is 0 Å². The lowest BCUT2D eigenvalue weighted by Gasteiger charge is -2.07. The molecular weight excluding hydrogens is 284 g/mol. The van der Waals surface area contributed by atoms with E-state index in [9.17, 15) is 0 Å². The number of hydrogen-bond acceptors (Lipinski definition) is 7. The van der Waals surface area contributed by atoms with Crippen LogP contribution < -0.4 is 14.8 Å². The van der Waals surface area contributed by atoms with Crippen molar-refractivity contribution in [3.8, 4) is 17.6 Å². The summed E-state index contributed by atoms with van der Waals surface area (Å²) in [7, 11) is 0. The van der Waals surface area contributed by atoms with Gasteiger partial charge in [0.2, 0.25) is 12.6 Å². The fourth-order valence-electron chi connectivity index (χ4n) is 1.65. The number of aromatic amines is 1. The molecule has 0 atom stereocenters. The second-order valence-electron chi connectivity index (χ2n) is 3.71.